The minimum Gasteiger partial charge on any atom is -0.355 e. The van der Waals surface area contributed by atoms with Gasteiger partial charge in [-0.2, -0.15) is 5.10 Å². The van der Waals surface area contributed by atoms with Gasteiger partial charge >= 0.3 is 0 Å². The van der Waals surface area contributed by atoms with Crippen molar-refractivity contribution in [2.45, 2.75) is 44.1 Å². The highest BCUT2D eigenvalue weighted by molar-refractivity contribution is 5.75. The summed E-state index contributed by atoms with van der Waals surface area (Å²) in [5.41, 5.74) is 1.06. The molecule has 0 spiro atoms. The average molecular weight is 316 g/mol. The van der Waals surface area contributed by atoms with E-state index in [1.807, 2.05) is 12.1 Å². The summed E-state index contributed by atoms with van der Waals surface area (Å²) in [5, 5.41) is 7.03. The van der Waals surface area contributed by atoms with E-state index in [0.717, 1.165) is 31.2 Å². The number of carbonyl (C=O) groups excluding carboxylic acids is 1. The number of aromatic nitrogens is 3. The Bertz CT molecular complexity index is 633. The first-order valence-corrected chi connectivity index (χ1v) is 8.03. The van der Waals surface area contributed by atoms with Gasteiger partial charge in [0.15, 0.2) is 0 Å². The average Bonchev–Trinajstić information content (AvgIpc) is 3.24. The van der Waals surface area contributed by atoms with Crippen LogP contribution in [0, 0.1) is 5.82 Å². The van der Waals surface area contributed by atoms with Crippen molar-refractivity contribution in [2.75, 3.05) is 6.54 Å². The highest BCUT2D eigenvalue weighted by Gasteiger charge is 2.35. The van der Waals surface area contributed by atoms with Crippen molar-refractivity contribution >= 4 is 5.91 Å². The lowest BCUT2D eigenvalue weighted by Gasteiger charge is -2.30. The summed E-state index contributed by atoms with van der Waals surface area (Å²) < 4.78 is 14.8. The molecule has 1 saturated carbocycles. The van der Waals surface area contributed by atoms with Crippen LogP contribution in [0.15, 0.2) is 36.9 Å². The molecule has 0 atom stereocenters. The predicted molar refractivity (Wildman–Crippen MR) is 84.2 cm³/mol. The number of rotatable bonds is 6. The molecule has 23 heavy (non-hydrogen) atoms. The number of aryl methyl sites for hydroxylation is 1. The molecular formula is C17H21FN4O. The van der Waals surface area contributed by atoms with Gasteiger partial charge in [0, 0.05) is 18.4 Å². The molecule has 0 unspecified atom stereocenters. The van der Waals surface area contributed by atoms with Gasteiger partial charge in [-0.25, -0.2) is 9.37 Å². The molecule has 1 fully saturated rings. The maximum atomic E-state index is 13.2. The quantitative estimate of drug-likeness (QED) is 0.890. The fourth-order valence-electron chi connectivity index (χ4n) is 3.34. The first-order chi connectivity index (χ1) is 11.2. The smallest absolute Gasteiger partial charge is 0.221 e. The molecule has 3 rings (SSSR count). The predicted octanol–water partition coefficient (Wildman–Crippen LogP) is 2.44. The Labute approximate surface area is 134 Å². The highest BCUT2D eigenvalue weighted by atomic mass is 19.1. The van der Waals surface area contributed by atoms with E-state index in [0.29, 0.717) is 19.5 Å². The van der Waals surface area contributed by atoms with Crippen LogP contribution in [0.1, 0.15) is 37.7 Å². The van der Waals surface area contributed by atoms with Gasteiger partial charge in [-0.05, 0) is 30.5 Å². The fraction of sp³-hybridized carbons (Fsp3) is 0.471. The Morgan fingerprint density at radius 2 is 2.00 bits per heavy atom. The first kappa shape index (κ1) is 15.6. The first-order valence-electron chi connectivity index (χ1n) is 8.03. The molecule has 0 saturated heterocycles. The second kappa shape index (κ2) is 6.89. The molecule has 1 amide bonds. The molecule has 1 aromatic carbocycles. The van der Waals surface area contributed by atoms with Gasteiger partial charge in [-0.3, -0.25) is 9.48 Å². The van der Waals surface area contributed by atoms with Gasteiger partial charge in [0.2, 0.25) is 5.91 Å². The maximum absolute atomic E-state index is 13.2. The van der Waals surface area contributed by atoms with E-state index in [4.69, 9.17) is 0 Å². The van der Waals surface area contributed by atoms with Crippen molar-refractivity contribution in [3.63, 3.8) is 0 Å². The van der Waals surface area contributed by atoms with Gasteiger partial charge in [-0.1, -0.05) is 25.0 Å². The molecule has 2 aromatic rings. The van der Waals surface area contributed by atoms with Crippen LogP contribution in [0.4, 0.5) is 4.39 Å². The summed E-state index contributed by atoms with van der Waals surface area (Å²) in [4.78, 5) is 15.9. The van der Waals surface area contributed by atoms with Crippen LogP contribution < -0.4 is 5.32 Å². The van der Waals surface area contributed by atoms with E-state index in [1.165, 1.54) is 18.5 Å². The molecule has 122 valence electrons. The van der Waals surface area contributed by atoms with Crippen molar-refractivity contribution < 1.29 is 9.18 Å². The maximum Gasteiger partial charge on any atom is 0.221 e. The Morgan fingerprint density at radius 1 is 1.26 bits per heavy atom. The molecular weight excluding hydrogens is 295 g/mol. The van der Waals surface area contributed by atoms with Gasteiger partial charge in [0.1, 0.15) is 18.5 Å². The zero-order valence-corrected chi connectivity index (χ0v) is 13.0. The van der Waals surface area contributed by atoms with Crippen LogP contribution in [0.25, 0.3) is 0 Å². The van der Waals surface area contributed by atoms with Crippen LogP contribution >= 0.6 is 0 Å². The van der Waals surface area contributed by atoms with E-state index in [2.05, 4.69) is 15.4 Å². The summed E-state index contributed by atoms with van der Waals surface area (Å²) in [6.07, 6.45) is 7.79. The largest absolute Gasteiger partial charge is 0.355 e. The Morgan fingerprint density at radius 3 is 2.65 bits per heavy atom. The third-order valence-corrected chi connectivity index (χ3v) is 4.68. The molecule has 0 radical (unpaired) electrons. The van der Waals surface area contributed by atoms with Crippen LogP contribution in [0.3, 0.4) is 0 Å². The van der Waals surface area contributed by atoms with Crippen molar-refractivity contribution in [3.05, 3.63) is 48.3 Å². The molecule has 1 aliphatic rings. The zero-order chi connectivity index (χ0) is 16.1. The molecule has 1 N–H and O–H groups in total. The van der Waals surface area contributed by atoms with E-state index in [1.54, 1.807) is 11.0 Å². The number of amides is 1. The second-order valence-corrected chi connectivity index (χ2v) is 6.18. The molecule has 1 heterocycles. The second-order valence-electron chi connectivity index (χ2n) is 6.18. The standard InChI is InChI=1S/C17H21FN4O/c18-15-5-3-14(4-6-15)17(8-1-2-9-17)11-20-16(23)7-10-22-13-19-12-21-22/h3-6,12-13H,1-2,7-11H2,(H,20,23). The number of halogens is 1. The van der Waals surface area contributed by atoms with Gasteiger partial charge in [0.05, 0.1) is 6.54 Å². The summed E-state index contributed by atoms with van der Waals surface area (Å²) in [5.74, 6) is -0.215. The minimum absolute atomic E-state index is 0.00823. The summed E-state index contributed by atoms with van der Waals surface area (Å²) in [7, 11) is 0. The molecule has 1 aromatic heterocycles. The normalized spacial score (nSPS) is 16.4. The molecule has 1 aliphatic carbocycles. The lowest BCUT2D eigenvalue weighted by Crippen LogP contribution is -2.39. The third kappa shape index (κ3) is 3.75. The number of nitrogens with zero attached hydrogens (tertiary/aromatic N) is 3. The molecule has 0 bridgehead atoms. The van der Waals surface area contributed by atoms with Crippen LogP contribution in [-0.2, 0) is 16.8 Å². The number of nitrogens with one attached hydrogen (secondary N) is 1. The third-order valence-electron chi connectivity index (χ3n) is 4.68. The van der Waals surface area contributed by atoms with E-state index in [9.17, 15) is 9.18 Å². The summed E-state index contributed by atoms with van der Waals surface area (Å²) in [6.45, 7) is 1.13. The summed E-state index contributed by atoms with van der Waals surface area (Å²) >= 11 is 0. The minimum atomic E-state index is -0.223. The molecule has 5 nitrogen and oxygen atoms in total. The SMILES string of the molecule is O=C(CCn1cncn1)NCC1(c2ccc(F)cc2)CCCC1. The number of hydrogen-bond donors (Lipinski definition) is 1. The van der Waals surface area contributed by atoms with Crippen LogP contribution in [0.2, 0.25) is 0 Å². The van der Waals surface area contributed by atoms with Crippen molar-refractivity contribution in [1.82, 2.24) is 20.1 Å². The van der Waals surface area contributed by atoms with Gasteiger partial charge in [0.25, 0.3) is 0 Å². The Kier molecular flexibility index (Phi) is 4.69. The molecule has 0 aliphatic heterocycles. The van der Waals surface area contributed by atoms with E-state index in [-0.39, 0.29) is 17.1 Å². The fourth-order valence-corrected chi connectivity index (χ4v) is 3.34. The topological polar surface area (TPSA) is 59.8 Å². The van der Waals surface area contributed by atoms with E-state index < -0.39 is 0 Å². The van der Waals surface area contributed by atoms with Crippen LogP contribution in [0.5, 0.6) is 0 Å². The number of hydrogen-bond acceptors (Lipinski definition) is 3. The summed E-state index contributed by atoms with van der Waals surface area (Å²) in [6, 6.07) is 6.70. The van der Waals surface area contributed by atoms with E-state index >= 15 is 0 Å². The zero-order valence-electron chi connectivity index (χ0n) is 13.0. The highest BCUT2D eigenvalue weighted by Crippen LogP contribution is 2.40. The van der Waals surface area contributed by atoms with Crippen molar-refractivity contribution in [3.8, 4) is 0 Å². The van der Waals surface area contributed by atoms with Crippen molar-refractivity contribution in [2.24, 2.45) is 0 Å². The Balaban J connectivity index is 1.59. The number of benzene rings is 1. The lowest BCUT2D eigenvalue weighted by atomic mass is 9.79. The van der Waals surface area contributed by atoms with Gasteiger partial charge in [-0.15, -0.1) is 0 Å². The lowest BCUT2D eigenvalue weighted by molar-refractivity contribution is -0.121. The van der Waals surface area contributed by atoms with Gasteiger partial charge < -0.3 is 5.32 Å². The number of carbonyl (C=O) groups is 1. The monoisotopic (exact) mass is 316 g/mol. The molecule has 6 heteroatoms. The van der Waals surface area contributed by atoms with Crippen molar-refractivity contribution in [1.29, 1.82) is 0 Å². The van der Waals surface area contributed by atoms with Crippen LogP contribution in [-0.4, -0.2) is 27.2 Å². The Hall–Kier alpha value is -2.24.